The molecule has 108 valence electrons. The average Bonchev–Trinajstić information content (AvgIpc) is 2.73. The lowest BCUT2D eigenvalue weighted by Crippen LogP contribution is -2.31. The van der Waals surface area contributed by atoms with Gasteiger partial charge in [-0.15, -0.1) is 10.2 Å². The maximum Gasteiger partial charge on any atom is 0.411 e. The van der Waals surface area contributed by atoms with Crippen molar-refractivity contribution in [3.8, 4) is 0 Å². The molecule has 5 nitrogen and oxygen atoms in total. The molecule has 19 heavy (non-hydrogen) atoms. The standard InChI is InChI=1S/C9H12F3N3O2S2/c1-3-18-8-15-14-7(19-8)13-6(16)5(2)17-4-9(10,11)12/h5H,3-4H2,1-2H3,(H,13,14,16)/t5-/m1/s1. The Morgan fingerprint density at radius 1 is 1.53 bits per heavy atom. The van der Waals surface area contributed by atoms with Crippen LogP contribution >= 0.6 is 23.1 Å². The van der Waals surface area contributed by atoms with Gasteiger partial charge >= 0.3 is 6.18 Å². The third-order valence-electron chi connectivity index (χ3n) is 1.77. The molecule has 10 heteroatoms. The number of carbonyl (C=O) groups is 1. The van der Waals surface area contributed by atoms with Gasteiger partial charge in [0, 0.05) is 0 Å². The number of halogens is 3. The van der Waals surface area contributed by atoms with Crippen LogP contribution in [0.5, 0.6) is 0 Å². The highest BCUT2D eigenvalue weighted by Gasteiger charge is 2.30. The molecule has 0 aliphatic carbocycles. The number of carbonyl (C=O) groups excluding carboxylic acids is 1. The molecule has 0 unspecified atom stereocenters. The van der Waals surface area contributed by atoms with Crippen molar-refractivity contribution >= 4 is 34.1 Å². The third-order valence-corrected chi connectivity index (χ3v) is 3.62. The molecule has 0 bridgehead atoms. The van der Waals surface area contributed by atoms with E-state index in [-0.39, 0.29) is 5.13 Å². The van der Waals surface area contributed by atoms with Gasteiger partial charge in [-0.3, -0.25) is 10.1 Å². The second-order valence-corrected chi connectivity index (χ2v) is 5.85. The molecular formula is C9H12F3N3O2S2. The van der Waals surface area contributed by atoms with Crippen LogP contribution in [-0.2, 0) is 9.53 Å². The van der Waals surface area contributed by atoms with Crippen LogP contribution in [0.3, 0.4) is 0 Å². The van der Waals surface area contributed by atoms with Crippen LogP contribution in [0.4, 0.5) is 18.3 Å². The Morgan fingerprint density at radius 2 is 2.21 bits per heavy atom. The monoisotopic (exact) mass is 315 g/mol. The van der Waals surface area contributed by atoms with E-state index >= 15 is 0 Å². The highest BCUT2D eigenvalue weighted by atomic mass is 32.2. The first-order valence-electron chi connectivity index (χ1n) is 5.27. The quantitative estimate of drug-likeness (QED) is 0.645. The summed E-state index contributed by atoms with van der Waals surface area (Å²) in [5.74, 6) is 0.127. The number of hydrogen-bond acceptors (Lipinski definition) is 6. The summed E-state index contributed by atoms with van der Waals surface area (Å²) in [5.41, 5.74) is 0. The molecule has 0 aromatic carbocycles. The predicted molar refractivity (Wildman–Crippen MR) is 66.4 cm³/mol. The van der Waals surface area contributed by atoms with Crippen molar-refractivity contribution in [2.45, 2.75) is 30.5 Å². The van der Waals surface area contributed by atoms with Gasteiger partial charge in [-0.1, -0.05) is 30.0 Å². The zero-order chi connectivity index (χ0) is 14.5. The van der Waals surface area contributed by atoms with Gasteiger partial charge in [0.05, 0.1) is 0 Å². The molecule has 1 amide bonds. The van der Waals surface area contributed by atoms with Gasteiger partial charge in [0.1, 0.15) is 12.7 Å². The lowest BCUT2D eigenvalue weighted by Gasteiger charge is -2.13. The van der Waals surface area contributed by atoms with Gasteiger partial charge in [-0.05, 0) is 12.7 Å². The molecule has 1 aromatic rings. The van der Waals surface area contributed by atoms with Crippen LogP contribution in [-0.4, -0.2) is 40.7 Å². The number of ether oxygens (including phenoxy) is 1. The maximum absolute atomic E-state index is 11.9. The zero-order valence-electron chi connectivity index (χ0n) is 10.2. The highest BCUT2D eigenvalue weighted by Crippen LogP contribution is 2.25. The van der Waals surface area contributed by atoms with E-state index in [1.807, 2.05) is 6.92 Å². The van der Waals surface area contributed by atoms with Crippen molar-refractivity contribution in [1.82, 2.24) is 10.2 Å². The van der Waals surface area contributed by atoms with Crippen molar-refractivity contribution in [2.24, 2.45) is 0 Å². The number of amides is 1. The van der Waals surface area contributed by atoms with E-state index in [9.17, 15) is 18.0 Å². The van der Waals surface area contributed by atoms with Gasteiger partial charge in [0.15, 0.2) is 4.34 Å². The van der Waals surface area contributed by atoms with E-state index in [1.54, 1.807) is 0 Å². The van der Waals surface area contributed by atoms with Crippen molar-refractivity contribution in [1.29, 1.82) is 0 Å². The van der Waals surface area contributed by atoms with Crippen LogP contribution in [0.25, 0.3) is 0 Å². The van der Waals surface area contributed by atoms with E-state index in [1.165, 1.54) is 18.7 Å². The summed E-state index contributed by atoms with van der Waals surface area (Å²) in [6.45, 7) is 1.72. The second kappa shape index (κ2) is 7.06. The largest absolute Gasteiger partial charge is 0.411 e. The summed E-state index contributed by atoms with van der Waals surface area (Å²) in [7, 11) is 0. The molecule has 0 saturated carbocycles. The summed E-state index contributed by atoms with van der Waals surface area (Å²) in [6, 6.07) is 0. The Bertz CT molecular complexity index is 425. The number of alkyl halides is 3. The first-order valence-corrected chi connectivity index (χ1v) is 7.07. The van der Waals surface area contributed by atoms with Crippen molar-refractivity contribution in [2.75, 3.05) is 17.7 Å². The Hall–Kier alpha value is -0.870. The number of nitrogens with one attached hydrogen (secondary N) is 1. The van der Waals surface area contributed by atoms with Gasteiger partial charge in [-0.2, -0.15) is 13.2 Å². The smallest absolute Gasteiger partial charge is 0.359 e. The molecule has 0 aliphatic heterocycles. The highest BCUT2D eigenvalue weighted by molar-refractivity contribution is 8.01. The molecule has 0 radical (unpaired) electrons. The molecule has 0 spiro atoms. The molecule has 0 aliphatic rings. The molecule has 0 fully saturated rings. The summed E-state index contributed by atoms with van der Waals surface area (Å²) >= 11 is 2.62. The van der Waals surface area contributed by atoms with Crippen molar-refractivity contribution < 1.29 is 22.7 Å². The van der Waals surface area contributed by atoms with Crippen molar-refractivity contribution in [3.05, 3.63) is 0 Å². The Balaban J connectivity index is 2.44. The van der Waals surface area contributed by atoms with E-state index in [0.717, 1.165) is 17.1 Å². The second-order valence-electron chi connectivity index (χ2n) is 3.36. The number of nitrogens with zero attached hydrogens (tertiary/aromatic N) is 2. The van der Waals surface area contributed by atoms with Crippen LogP contribution < -0.4 is 5.32 Å². The van der Waals surface area contributed by atoms with E-state index in [4.69, 9.17) is 0 Å². The Morgan fingerprint density at radius 3 is 2.79 bits per heavy atom. The fourth-order valence-electron chi connectivity index (χ4n) is 0.944. The molecule has 1 aromatic heterocycles. The van der Waals surface area contributed by atoms with Gasteiger partial charge < -0.3 is 4.74 Å². The average molecular weight is 315 g/mol. The van der Waals surface area contributed by atoms with Crippen LogP contribution in [0.2, 0.25) is 0 Å². The predicted octanol–water partition coefficient (Wildman–Crippen LogP) is 2.56. The van der Waals surface area contributed by atoms with E-state index < -0.39 is 24.8 Å². The SMILES string of the molecule is CCSc1nnc(NC(=O)[C@@H](C)OCC(F)(F)F)s1. The van der Waals surface area contributed by atoms with Crippen LogP contribution in [0, 0.1) is 0 Å². The molecule has 0 saturated heterocycles. The number of anilines is 1. The summed E-state index contributed by atoms with van der Waals surface area (Å²) < 4.78 is 40.8. The zero-order valence-corrected chi connectivity index (χ0v) is 11.8. The van der Waals surface area contributed by atoms with Crippen LogP contribution in [0.15, 0.2) is 4.34 Å². The minimum Gasteiger partial charge on any atom is -0.359 e. The number of thioether (sulfide) groups is 1. The number of aromatic nitrogens is 2. The lowest BCUT2D eigenvalue weighted by molar-refractivity contribution is -0.184. The van der Waals surface area contributed by atoms with Crippen LogP contribution in [0.1, 0.15) is 13.8 Å². The Labute approximate surface area is 115 Å². The lowest BCUT2D eigenvalue weighted by atomic mass is 10.4. The van der Waals surface area contributed by atoms with E-state index in [0.29, 0.717) is 4.34 Å². The van der Waals surface area contributed by atoms with Gasteiger partial charge in [-0.25, -0.2) is 0 Å². The normalized spacial score (nSPS) is 13.3. The molecule has 1 heterocycles. The summed E-state index contributed by atoms with van der Waals surface area (Å²) in [6.07, 6.45) is -5.67. The van der Waals surface area contributed by atoms with Gasteiger partial charge in [0.25, 0.3) is 5.91 Å². The van der Waals surface area contributed by atoms with Crippen molar-refractivity contribution in [3.63, 3.8) is 0 Å². The van der Waals surface area contributed by atoms with E-state index in [2.05, 4.69) is 20.3 Å². The minimum absolute atomic E-state index is 0.239. The fraction of sp³-hybridized carbons (Fsp3) is 0.667. The number of rotatable bonds is 6. The first-order chi connectivity index (χ1) is 8.81. The molecule has 1 rings (SSSR count). The Kier molecular flexibility index (Phi) is 6.01. The summed E-state index contributed by atoms with van der Waals surface area (Å²) in [5, 5.41) is 10.1. The topological polar surface area (TPSA) is 64.1 Å². The maximum atomic E-state index is 11.9. The molecular weight excluding hydrogens is 303 g/mol. The minimum atomic E-state index is -4.46. The number of hydrogen-bond donors (Lipinski definition) is 1. The third kappa shape index (κ3) is 6.21. The molecule has 1 atom stereocenters. The van der Waals surface area contributed by atoms with Gasteiger partial charge in [0.2, 0.25) is 5.13 Å². The first kappa shape index (κ1) is 16.2. The summed E-state index contributed by atoms with van der Waals surface area (Å²) in [4.78, 5) is 11.5. The molecule has 1 N–H and O–H groups in total. The fourth-order valence-corrected chi connectivity index (χ4v) is 2.60.